The van der Waals surface area contributed by atoms with E-state index < -0.39 is 23.2 Å². The molecular formula is C23H23N3O7. The monoisotopic (exact) mass is 453 g/mol. The largest absolute Gasteiger partial charge is 0.497 e. The predicted octanol–water partition coefficient (Wildman–Crippen LogP) is 1.55. The third-order valence-corrected chi connectivity index (χ3v) is 6.12. The van der Waals surface area contributed by atoms with E-state index in [2.05, 4.69) is 4.98 Å². The molecule has 0 radical (unpaired) electrons. The smallest absolute Gasteiger partial charge is 0.335 e. The summed E-state index contributed by atoms with van der Waals surface area (Å²) < 4.78 is 23.1. The lowest BCUT2D eigenvalue weighted by Gasteiger charge is -2.35. The highest BCUT2D eigenvalue weighted by atomic mass is 16.7. The van der Waals surface area contributed by atoms with Crippen LogP contribution in [0.3, 0.4) is 0 Å². The number of methoxy groups -OCH3 is 2. The summed E-state index contributed by atoms with van der Waals surface area (Å²) in [6.45, 7) is 0.685. The predicted molar refractivity (Wildman–Crippen MR) is 118 cm³/mol. The lowest BCUT2D eigenvalue weighted by atomic mass is 9.87. The van der Waals surface area contributed by atoms with E-state index in [0.717, 1.165) is 10.1 Å². The first-order chi connectivity index (χ1) is 15.9. The summed E-state index contributed by atoms with van der Waals surface area (Å²) >= 11 is 0. The summed E-state index contributed by atoms with van der Waals surface area (Å²) in [4.78, 5) is 30.0. The van der Waals surface area contributed by atoms with Gasteiger partial charge in [0.05, 0.1) is 31.5 Å². The molecule has 5 rings (SSSR count). The molecule has 3 heterocycles. The van der Waals surface area contributed by atoms with Crippen LogP contribution in [0.15, 0.2) is 39.9 Å². The van der Waals surface area contributed by atoms with Gasteiger partial charge in [0.25, 0.3) is 5.56 Å². The van der Waals surface area contributed by atoms with Gasteiger partial charge in [-0.15, -0.1) is 0 Å². The summed E-state index contributed by atoms with van der Waals surface area (Å²) in [6, 6.07) is 7.77. The highest BCUT2D eigenvalue weighted by molar-refractivity contribution is 5.63. The number of aromatic amines is 1. The second kappa shape index (κ2) is 7.89. The molecule has 0 aliphatic carbocycles. The number of benzene rings is 2. The van der Waals surface area contributed by atoms with Crippen LogP contribution in [0, 0.1) is 0 Å². The number of likely N-dealkylation sites (N-methyl/N-ethyl adjacent to an activating group) is 1. The van der Waals surface area contributed by atoms with Gasteiger partial charge >= 0.3 is 5.69 Å². The fraction of sp³-hybridized carbons (Fsp3) is 0.304. The first-order valence-corrected chi connectivity index (χ1v) is 10.4. The first kappa shape index (κ1) is 21.0. The van der Waals surface area contributed by atoms with Crippen molar-refractivity contribution in [2.75, 3.05) is 34.6 Å². The van der Waals surface area contributed by atoms with Gasteiger partial charge in [0, 0.05) is 12.1 Å². The minimum Gasteiger partial charge on any atom is -0.497 e. The van der Waals surface area contributed by atoms with Crippen molar-refractivity contribution in [3.05, 3.63) is 67.9 Å². The van der Waals surface area contributed by atoms with E-state index >= 15 is 0 Å². The fourth-order valence-corrected chi connectivity index (χ4v) is 4.55. The van der Waals surface area contributed by atoms with Crippen LogP contribution in [-0.4, -0.2) is 54.2 Å². The summed E-state index contributed by atoms with van der Waals surface area (Å²) in [6.07, 6.45) is 0.687. The van der Waals surface area contributed by atoms with Crippen molar-refractivity contribution in [3.8, 4) is 34.6 Å². The molecule has 33 heavy (non-hydrogen) atoms. The number of ether oxygens (including phenoxy) is 4. The molecule has 10 heteroatoms. The zero-order valence-electron chi connectivity index (χ0n) is 18.4. The molecule has 0 spiro atoms. The summed E-state index contributed by atoms with van der Waals surface area (Å²) in [5, 5.41) is 11.3. The fourth-order valence-electron chi connectivity index (χ4n) is 4.55. The van der Waals surface area contributed by atoms with Crippen molar-refractivity contribution in [2.24, 2.45) is 0 Å². The number of rotatable bonds is 4. The Morgan fingerprint density at radius 1 is 1.09 bits per heavy atom. The maximum absolute atomic E-state index is 13.1. The highest BCUT2D eigenvalue weighted by Gasteiger charge is 2.38. The molecule has 2 N–H and O–H groups in total. The Hall–Kier alpha value is -3.92. The lowest BCUT2D eigenvalue weighted by Crippen LogP contribution is -2.39. The van der Waals surface area contributed by atoms with Crippen molar-refractivity contribution >= 4 is 0 Å². The zero-order valence-corrected chi connectivity index (χ0v) is 18.4. The molecule has 172 valence electrons. The van der Waals surface area contributed by atoms with Crippen LogP contribution >= 0.6 is 0 Å². The van der Waals surface area contributed by atoms with Crippen LogP contribution in [0.25, 0.3) is 5.69 Å². The number of hydrogen-bond donors (Lipinski definition) is 2. The van der Waals surface area contributed by atoms with Gasteiger partial charge in [-0.25, -0.2) is 9.36 Å². The van der Waals surface area contributed by atoms with E-state index in [1.54, 1.807) is 24.3 Å². The number of H-pyrrole nitrogens is 1. The Labute approximate surface area is 188 Å². The summed E-state index contributed by atoms with van der Waals surface area (Å²) in [7, 11) is 4.90. The highest BCUT2D eigenvalue weighted by Crippen LogP contribution is 2.51. The first-order valence-electron chi connectivity index (χ1n) is 10.4. The molecule has 0 fully saturated rings. The van der Waals surface area contributed by atoms with Gasteiger partial charge in [-0.2, -0.15) is 0 Å². The molecule has 0 amide bonds. The van der Waals surface area contributed by atoms with Crippen LogP contribution in [0.5, 0.6) is 28.9 Å². The molecule has 0 saturated heterocycles. The van der Waals surface area contributed by atoms with Crippen LogP contribution in [-0.2, 0) is 6.42 Å². The van der Waals surface area contributed by atoms with E-state index in [9.17, 15) is 14.7 Å². The van der Waals surface area contributed by atoms with Crippen LogP contribution in [0.1, 0.15) is 22.7 Å². The standard InChI is InChI=1S/C23H23N3O7/c1-25-9-8-12-10-15-19(33-11-32-15)20(31-3)16(12)18(25)17-21(27)24-23(29)26(22(17)28)13-4-6-14(30-2)7-5-13/h4-7,10,18,28H,8-9,11H2,1-3H3,(H,24,27,29)/t18-/m0/s1. The Bertz CT molecular complexity index is 1340. The molecule has 3 aromatic rings. The molecule has 1 atom stereocenters. The van der Waals surface area contributed by atoms with Crippen LogP contribution in [0.2, 0.25) is 0 Å². The second-order valence-corrected chi connectivity index (χ2v) is 7.88. The second-order valence-electron chi connectivity index (χ2n) is 7.88. The molecule has 2 aliphatic heterocycles. The number of hydrogen-bond acceptors (Lipinski definition) is 8. The molecule has 10 nitrogen and oxygen atoms in total. The van der Waals surface area contributed by atoms with E-state index in [0.29, 0.717) is 47.2 Å². The quantitative estimate of drug-likeness (QED) is 0.612. The zero-order chi connectivity index (χ0) is 23.3. The third kappa shape index (κ3) is 3.21. The van der Waals surface area contributed by atoms with E-state index in [1.807, 2.05) is 18.0 Å². The van der Waals surface area contributed by atoms with Crippen LogP contribution in [0.4, 0.5) is 0 Å². The average Bonchev–Trinajstić information content (AvgIpc) is 3.27. The molecule has 0 unspecified atom stereocenters. The minimum absolute atomic E-state index is 0.0334. The molecule has 0 saturated carbocycles. The van der Waals surface area contributed by atoms with Crippen molar-refractivity contribution in [2.45, 2.75) is 12.5 Å². The number of aromatic nitrogens is 2. The Morgan fingerprint density at radius 2 is 1.85 bits per heavy atom. The summed E-state index contributed by atoms with van der Waals surface area (Å²) in [5.41, 5.74) is 0.601. The molecular weight excluding hydrogens is 430 g/mol. The van der Waals surface area contributed by atoms with Crippen molar-refractivity contribution in [3.63, 3.8) is 0 Å². The number of nitrogens with zero attached hydrogens (tertiary/aromatic N) is 2. The molecule has 1 aromatic heterocycles. The summed E-state index contributed by atoms with van der Waals surface area (Å²) in [5.74, 6) is 1.62. The maximum Gasteiger partial charge on any atom is 0.335 e. The van der Waals surface area contributed by atoms with Gasteiger partial charge in [-0.1, -0.05) is 0 Å². The van der Waals surface area contributed by atoms with Crippen molar-refractivity contribution < 1.29 is 24.1 Å². The normalized spacial score (nSPS) is 17.0. The molecule has 2 aliphatic rings. The number of aromatic hydroxyl groups is 1. The van der Waals surface area contributed by atoms with Gasteiger partial charge in [0.15, 0.2) is 11.5 Å². The van der Waals surface area contributed by atoms with Gasteiger partial charge < -0.3 is 24.1 Å². The van der Waals surface area contributed by atoms with Gasteiger partial charge in [-0.3, -0.25) is 14.7 Å². The lowest BCUT2D eigenvalue weighted by molar-refractivity contribution is 0.170. The maximum atomic E-state index is 13.1. The minimum atomic E-state index is -0.747. The molecule has 2 aromatic carbocycles. The Balaban J connectivity index is 1.76. The Morgan fingerprint density at radius 3 is 2.55 bits per heavy atom. The van der Waals surface area contributed by atoms with E-state index in [4.69, 9.17) is 18.9 Å². The Kier molecular flexibility index (Phi) is 5.01. The van der Waals surface area contributed by atoms with Gasteiger partial charge in [0.2, 0.25) is 18.4 Å². The average molecular weight is 453 g/mol. The van der Waals surface area contributed by atoms with Crippen molar-refractivity contribution in [1.29, 1.82) is 0 Å². The third-order valence-electron chi connectivity index (χ3n) is 6.12. The molecule has 0 bridgehead atoms. The van der Waals surface area contributed by atoms with Crippen LogP contribution < -0.4 is 30.2 Å². The van der Waals surface area contributed by atoms with Crippen molar-refractivity contribution in [1.82, 2.24) is 14.5 Å². The topological polar surface area (TPSA) is 115 Å². The number of fused-ring (bicyclic) bond motifs is 2. The van der Waals surface area contributed by atoms with Gasteiger partial charge in [0.1, 0.15) is 5.75 Å². The van der Waals surface area contributed by atoms with E-state index in [-0.39, 0.29) is 12.4 Å². The van der Waals surface area contributed by atoms with E-state index in [1.165, 1.54) is 14.2 Å². The number of nitrogens with one attached hydrogen (secondary N) is 1. The SMILES string of the molecule is COc1ccc(-n2c(O)c([C@@H]3c4c(cc5c(c4OC)OCO5)CCN3C)c(=O)[nH]c2=O)cc1. The van der Waals surface area contributed by atoms with Gasteiger partial charge in [-0.05, 0) is 49.4 Å².